The SMILES string of the molecule is C#CC/C=C\N=CCF. The third-order valence-corrected chi connectivity index (χ3v) is 0.602. The van der Waals surface area contributed by atoms with Gasteiger partial charge >= 0.3 is 0 Å². The first-order chi connectivity index (χ1) is 4.41. The molecule has 0 aromatic rings. The van der Waals surface area contributed by atoms with Crippen LogP contribution >= 0.6 is 0 Å². The summed E-state index contributed by atoms with van der Waals surface area (Å²) < 4.78 is 11.3. The molecule has 1 nitrogen and oxygen atoms in total. The van der Waals surface area contributed by atoms with Gasteiger partial charge in [0.05, 0.1) is 0 Å². The highest BCUT2D eigenvalue weighted by molar-refractivity contribution is 5.58. The number of rotatable bonds is 3. The molecule has 0 amide bonds. The van der Waals surface area contributed by atoms with Crippen molar-refractivity contribution in [1.82, 2.24) is 0 Å². The summed E-state index contributed by atoms with van der Waals surface area (Å²) in [4.78, 5) is 3.55. The van der Waals surface area contributed by atoms with Gasteiger partial charge in [-0.15, -0.1) is 12.3 Å². The number of aliphatic imine (C=N–C) groups is 1. The Balaban J connectivity index is 3.26. The molecule has 0 rings (SSSR count). The van der Waals surface area contributed by atoms with E-state index in [2.05, 4.69) is 10.9 Å². The predicted molar refractivity (Wildman–Crippen MR) is 37.1 cm³/mol. The van der Waals surface area contributed by atoms with Crippen molar-refractivity contribution in [3.63, 3.8) is 0 Å². The van der Waals surface area contributed by atoms with Gasteiger partial charge in [0.15, 0.2) is 0 Å². The Hall–Kier alpha value is -1.10. The quantitative estimate of drug-likeness (QED) is 0.401. The fourth-order valence-corrected chi connectivity index (χ4v) is 0.282. The van der Waals surface area contributed by atoms with E-state index in [0.29, 0.717) is 6.42 Å². The van der Waals surface area contributed by atoms with Crippen LogP contribution in [0.5, 0.6) is 0 Å². The molecule has 0 spiro atoms. The molecule has 0 heterocycles. The van der Waals surface area contributed by atoms with E-state index >= 15 is 0 Å². The molecule has 0 fully saturated rings. The number of halogens is 1. The molecule has 0 saturated heterocycles. The monoisotopic (exact) mass is 125 g/mol. The maximum atomic E-state index is 11.3. The zero-order chi connectivity index (χ0) is 6.95. The second-order valence-electron chi connectivity index (χ2n) is 1.28. The molecule has 0 bridgehead atoms. The number of hydrogen-bond acceptors (Lipinski definition) is 1. The van der Waals surface area contributed by atoms with Gasteiger partial charge in [0.2, 0.25) is 0 Å². The maximum absolute atomic E-state index is 11.3. The highest BCUT2D eigenvalue weighted by Crippen LogP contribution is 1.78. The Morgan fingerprint density at radius 1 is 1.67 bits per heavy atom. The Morgan fingerprint density at radius 2 is 2.44 bits per heavy atom. The molecule has 0 saturated carbocycles. The van der Waals surface area contributed by atoms with Crippen LogP contribution in [0.4, 0.5) is 4.39 Å². The number of terminal acetylenes is 1. The van der Waals surface area contributed by atoms with E-state index in [1.54, 1.807) is 6.08 Å². The smallest absolute Gasteiger partial charge is 0.125 e. The lowest BCUT2D eigenvalue weighted by atomic mass is 10.4. The van der Waals surface area contributed by atoms with Crippen LogP contribution < -0.4 is 0 Å². The molecule has 48 valence electrons. The van der Waals surface area contributed by atoms with E-state index in [4.69, 9.17) is 6.42 Å². The van der Waals surface area contributed by atoms with Gasteiger partial charge in [-0.05, 0) is 0 Å². The van der Waals surface area contributed by atoms with Crippen LogP contribution in [0.15, 0.2) is 17.3 Å². The van der Waals surface area contributed by atoms with Gasteiger partial charge < -0.3 is 0 Å². The standard InChI is InChI=1S/C7H8FN/c1-2-3-4-6-9-7-5-8/h1,4,6-7H,3,5H2/b6-4-,9-7?. The number of alkyl halides is 1. The van der Waals surface area contributed by atoms with Crippen LogP contribution in [0.3, 0.4) is 0 Å². The molecule has 0 aromatic heterocycles. The summed E-state index contributed by atoms with van der Waals surface area (Å²) in [6, 6.07) is 0. The van der Waals surface area contributed by atoms with Crippen LogP contribution in [0, 0.1) is 12.3 Å². The average Bonchev–Trinajstić information content (AvgIpc) is 1.89. The summed E-state index contributed by atoms with van der Waals surface area (Å²) >= 11 is 0. The molecule has 0 aliphatic carbocycles. The summed E-state index contributed by atoms with van der Waals surface area (Å²) in [6.45, 7) is -0.527. The fraction of sp³-hybridized carbons (Fsp3) is 0.286. The summed E-state index contributed by atoms with van der Waals surface area (Å²) in [7, 11) is 0. The van der Waals surface area contributed by atoms with E-state index in [0.717, 1.165) is 0 Å². The Labute approximate surface area is 54.3 Å². The van der Waals surface area contributed by atoms with Gasteiger partial charge in [0.1, 0.15) is 6.67 Å². The van der Waals surface area contributed by atoms with Crippen LogP contribution in [0.2, 0.25) is 0 Å². The lowest BCUT2D eigenvalue weighted by Crippen LogP contribution is -1.70. The first-order valence-corrected chi connectivity index (χ1v) is 2.58. The van der Waals surface area contributed by atoms with Gasteiger partial charge in [0.25, 0.3) is 0 Å². The van der Waals surface area contributed by atoms with Crippen molar-refractivity contribution in [3.05, 3.63) is 12.3 Å². The van der Waals surface area contributed by atoms with Gasteiger partial charge in [-0.2, -0.15) is 0 Å². The van der Waals surface area contributed by atoms with E-state index in [1.165, 1.54) is 12.4 Å². The fourth-order valence-electron chi connectivity index (χ4n) is 0.282. The second kappa shape index (κ2) is 6.90. The molecule has 9 heavy (non-hydrogen) atoms. The number of hydrogen-bond donors (Lipinski definition) is 0. The van der Waals surface area contributed by atoms with Crippen molar-refractivity contribution < 1.29 is 4.39 Å². The third-order valence-electron chi connectivity index (χ3n) is 0.602. The molecule has 2 heteroatoms. The van der Waals surface area contributed by atoms with E-state index in [-0.39, 0.29) is 0 Å². The predicted octanol–water partition coefficient (Wildman–Crippen LogP) is 1.56. The zero-order valence-electron chi connectivity index (χ0n) is 5.05. The topological polar surface area (TPSA) is 12.4 Å². The van der Waals surface area contributed by atoms with Crippen molar-refractivity contribution in [2.24, 2.45) is 4.99 Å². The third kappa shape index (κ3) is 6.90. The first-order valence-electron chi connectivity index (χ1n) is 2.58. The normalized spacial score (nSPS) is 10.7. The summed E-state index contributed by atoms with van der Waals surface area (Å²) in [5, 5.41) is 0. The van der Waals surface area contributed by atoms with Gasteiger partial charge in [-0.25, -0.2) is 4.39 Å². The van der Waals surface area contributed by atoms with Crippen molar-refractivity contribution in [3.8, 4) is 12.3 Å². The molecule has 0 aliphatic rings. The average molecular weight is 125 g/mol. The zero-order valence-corrected chi connectivity index (χ0v) is 5.05. The second-order valence-corrected chi connectivity index (χ2v) is 1.28. The Kier molecular flexibility index (Phi) is 6.06. The number of nitrogens with zero attached hydrogens (tertiary/aromatic N) is 1. The Bertz CT molecular complexity index is 141. The Morgan fingerprint density at radius 3 is 3.00 bits per heavy atom. The van der Waals surface area contributed by atoms with Gasteiger partial charge in [-0.1, -0.05) is 6.08 Å². The molecule has 0 radical (unpaired) electrons. The maximum Gasteiger partial charge on any atom is 0.125 e. The summed E-state index contributed by atoms with van der Waals surface area (Å²) in [6.07, 6.45) is 9.81. The molecular formula is C7H8FN. The van der Waals surface area contributed by atoms with Crippen LogP contribution in [0.1, 0.15) is 6.42 Å². The minimum absolute atomic E-state index is 0.527. The molecule has 0 unspecified atom stereocenters. The summed E-state index contributed by atoms with van der Waals surface area (Å²) in [5.41, 5.74) is 0. The van der Waals surface area contributed by atoms with Crippen molar-refractivity contribution in [1.29, 1.82) is 0 Å². The molecule has 0 aliphatic heterocycles. The molecular weight excluding hydrogens is 117 g/mol. The lowest BCUT2D eigenvalue weighted by Gasteiger charge is -1.73. The largest absolute Gasteiger partial charge is 0.267 e. The van der Waals surface area contributed by atoms with Crippen LogP contribution in [-0.4, -0.2) is 12.9 Å². The van der Waals surface area contributed by atoms with Crippen molar-refractivity contribution in [2.45, 2.75) is 6.42 Å². The molecule has 0 N–H and O–H groups in total. The highest BCUT2D eigenvalue weighted by atomic mass is 19.1. The lowest BCUT2D eigenvalue weighted by molar-refractivity contribution is 0.587. The van der Waals surface area contributed by atoms with Crippen molar-refractivity contribution in [2.75, 3.05) is 6.67 Å². The van der Waals surface area contributed by atoms with Gasteiger partial charge in [0, 0.05) is 18.8 Å². The highest BCUT2D eigenvalue weighted by Gasteiger charge is 1.66. The minimum atomic E-state index is -0.527. The van der Waals surface area contributed by atoms with Crippen molar-refractivity contribution >= 4 is 6.21 Å². The number of allylic oxidation sites excluding steroid dienone is 1. The van der Waals surface area contributed by atoms with Gasteiger partial charge in [-0.3, -0.25) is 4.99 Å². The summed E-state index contributed by atoms with van der Waals surface area (Å²) in [5.74, 6) is 2.39. The van der Waals surface area contributed by atoms with Crippen LogP contribution in [0.25, 0.3) is 0 Å². The first kappa shape index (κ1) is 7.90. The molecule has 0 aromatic carbocycles. The van der Waals surface area contributed by atoms with Crippen LogP contribution in [-0.2, 0) is 0 Å². The molecule has 0 atom stereocenters. The minimum Gasteiger partial charge on any atom is -0.267 e. The van der Waals surface area contributed by atoms with E-state index in [9.17, 15) is 4.39 Å². The van der Waals surface area contributed by atoms with E-state index in [1.807, 2.05) is 0 Å². The van der Waals surface area contributed by atoms with E-state index < -0.39 is 6.67 Å².